The second kappa shape index (κ2) is 7.66. The van der Waals surface area contributed by atoms with Crippen LogP contribution in [0.2, 0.25) is 0 Å². The third-order valence-corrected chi connectivity index (χ3v) is 5.13. The molecule has 0 radical (unpaired) electrons. The van der Waals surface area contributed by atoms with E-state index in [2.05, 4.69) is 9.97 Å². The maximum atomic E-state index is 12.3. The van der Waals surface area contributed by atoms with E-state index >= 15 is 0 Å². The van der Waals surface area contributed by atoms with Crippen LogP contribution in [0, 0.1) is 5.92 Å². The van der Waals surface area contributed by atoms with Crippen molar-refractivity contribution in [3.05, 3.63) is 35.6 Å². The zero-order chi connectivity index (χ0) is 16.1. The number of hydrogen-bond donors (Lipinski definition) is 1. The normalized spacial score (nSPS) is 18.1. The highest BCUT2D eigenvalue weighted by Gasteiger charge is 2.22. The van der Waals surface area contributed by atoms with Gasteiger partial charge in [0.25, 0.3) is 0 Å². The van der Waals surface area contributed by atoms with E-state index in [1.165, 1.54) is 0 Å². The molecule has 0 bridgehead atoms. The lowest BCUT2D eigenvalue weighted by Crippen LogP contribution is -2.41. The van der Waals surface area contributed by atoms with Crippen molar-refractivity contribution in [2.24, 2.45) is 5.92 Å². The number of hydrogen-bond acceptors (Lipinski definition) is 5. The molecule has 0 aliphatic carbocycles. The molecule has 3 heterocycles. The van der Waals surface area contributed by atoms with Crippen LogP contribution in [0.5, 0.6) is 0 Å². The van der Waals surface area contributed by atoms with E-state index in [0.29, 0.717) is 19.4 Å². The summed E-state index contributed by atoms with van der Waals surface area (Å²) in [5, 5.41) is 12.2. The van der Waals surface area contributed by atoms with Gasteiger partial charge in [0.1, 0.15) is 5.01 Å². The summed E-state index contributed by atoms with van der Waals surface area (Å²) in [6.45, 7) is 1.67. The SMILES string of the molecule is O=C(CCc1csc(-c2cccnc2)n1)N1CCCC(CO)C1. The second-order valence-corrected chi connectivity index (χ2v) is 6.77. The number of aliphatic hydroxyl groups is 1. The average Bonchev–Trinajstić information content (AvgIpc) is 3.09. The van der Waals surface area contributed by atoms with Crippen molar-refractivity contribution in [3.8, 4) is 10.6 Å². The Hall–Kier alpha value is -1.79. The van der Waals surface area contributed by atoms with Crippen LogP contribution < -0.4 is 0 Å². The van der Waals surface area contributed by atoms with Crippen LogP contribution >= 0.6 is 11.3 Å². The van der Waals surface area contributed by atoms with Gasteiger partial charge in [-0.1, -0.05) is 0 Å². The molecule has 1 fully saturated rings. The van der Waals surface area contributed by atoms with Crippen LogP contribution in [0.3, 0.4) is 0 Å². The smallest absolute Gasteiger partial charge is 0.222 e. The molecule has 0 aromatic carbocycles. The van der Waals surface area contributed by atoms with Crippen LogP contribution in [0.15, 0.2) is 29.9 Å². The fourth-order valence-electron chi connectivity index (χ4n) is 2.88. The number of carbonyl (C=O) groups excluding carboxylic acids is 1. The molecule has 1 aliphatic heterocycles. The standard InChI is InChI=1S/C17H21N3O2S/c21-11-13-3-2-8-20(10-13)16(22)6-5-15-12-23-17(19-15)14-4-1-7-18-9-14/h1,4,7,9,12-13,21H,2-3,5-6,8,10-11H2. The minimum atomic E-state index is 0.166. The molecular weight excluding hydrogens is 310 g/mol. The molecule has 1 aliphatic rings. The molecule has 122 valence electrons. The van der Waals surface area contributed by atoms with Crippen molar-refractivity contribution in [3.63, 3.8) is 0 Å². The molecular formula is C17H21N3O2S. The number of aryl methyl sites for hydroxylation is 1. The van der Waals surface area contributed by atoms with Gasteiger partial charge in [-0.25, -0.2) is 4.98 Å². The molecule has 1 unspecified atom stereocenters. The van der Waals surface area contributed by atoms with Gasteiger partial charge < -0.3 is 10.0 Å². The van der Waals surface area contributed by atoms with Gasteiger partial charge in [-0.2, -0.15) is 0 Å². The fourth-order valence-corrected chi connectivity index (χ4v) is 3.72. The molecule has 0 spiro atoms. The highest BCUT2D eigenvalue weighted by Crippen LogP contribution is 2.23. The average molecular weight is 331 g/mol. The van der Waals surface area contributed by atoms with Gasteiger partial charge in [-0.15, -0.1) is 11.3 Å². The Morgan fingerprint density at radius 3 is 3.17 bits per heavy atom. The molecule has 0 saturated carbocycles. The van der Waals surface area contributed by atoms with Gasteiger partial charge in [0.05, 0.1) is 5.69 Å². The molecule has 1 amide bonds. The van der Waals surface area contributed by atoms with E-state index in [4.69, 9.17) is 0 Å². The van der Waals surface area contributed by atoms with Gasteiger partial charge in [0.15, 0.2) is 0 Å². The first kappa shape index (κ1) is 16.1. The van der Waals surface area contributed by atoms with Gasteiger partial charge >= 0.3 is 0 Å². The first-order valence-corrected chi connectivity index (χ1v) is 8.87. The van der Waals surface area contributed by atoms with Crippen LogP contribution in [-0.2, 0) is 11.2 Å². The van der Waals surface area contributed by atoms with E-state index in [-0.39, 0.29) is 18.4 Å². The Morgan fingerprint density at radius 2 is 2.39 bits per heavy atom. The number of aromatic nitrogens is 2. The number of aliphatic hydroxyl groups excluding tert-OH is 1. The Morgan fingerprint density at radius 1 is 1.48 bits per heavy atom. The number of nitrogens with zero attached hydrogens (tertiary/aromatic N) is 3. The quantitative estimate of drug-likeness (QED) is 0.913. The summed E-state index contributed by atoms with van der Waals surface area (Å²) in [5.41, 5.74) is 1.97. The van der Waals surface area contributed by atoms with Crippen molar-refractivity contribution < 1.29 is 9.90 Å². The molecule has 3 rings (SSSR count). The number of pyridine rings is 1. The molecule has 6 heteroatoms. The predicted molar refractivity (Wildman–Crippen MR) is 90.1 cm³/mol. The van der Waals surface area contributed by atoms with Gasteiger partial charge in [-0.3, -0.25) is 9.78 Å². The zero-order valence-corrected chi connectivity index (χ0v) is 13.8. The largest absolute Gasteiger partial charge is 0.396 e. The second-order valence-electron chi connectivity index (χ2n) is 5.92. The summed E-state index contributed by atoms with van der Waals surface area (Å²) < 4.78 is 0. The Labute approximate surface area is 140 Å². The number of amides is 1. The summed E-state index contributed by atoms with van der Waals surface area (Å²) in [7, 11) is 0. The summed E-state index contributed by atoms with van der Waals surface area (Å²) in [6, 6.07) is 3.89. The molecule has 1 atom stereocenters. The van der Waals surface area contributed by atoms with E-state index < -0.39 is 0 Å². The van der Waals surface area contributed by atoms with Gasteiger partial charge in [0.2, 0.25) is 5.91 Å². The van der Waals surface area contributed by atoms with Crippen molar-refractivity contribution in [1.82, 2.24) is 14.9 Å². The molecule has 1 N–H and O–H groups in total. The molecule has 2 aromatic heterocycles. The molecule has 1 saturated heterocycles. The molecule has 5 nitrogen and oxygen atoms in total. The van der Waals surface area contributed by atoms with E-state index in [0.717, 1.165) is 35.7 Å². The van der Waals surface area contributed by atoms with Gasteiger partial charge in [0, 0.05) is 49.5 Å². The zero-order valence-electron chi connectivity index (χ0n) is 13.0. The Kier molecular flexibility index (Phi) is 5.35. The van der Waals surface area contributed by atoms with Crippen LogP contribution in [0.4, 0.5) is 0 Å². The van der Waals surface area contributed by atoms with Crippen molar-refractivity contribution >= 4 is 17.2 Å². The first-order chi connectivity index (χ1) is 11.3. The minimum Gasteiger partial charge on any atom is -0.396 e. The number of carbonyl (C=O) groups is 1. The maximum absolute atomic E-state index is 12.3. The summed E-state index contributed by atoms with van der Waals surface area (Å²) in [5.74, 6) is 0.406. The van der Waals surface area contributed by atoms with Crippen LogP contribution in [-0.4, -0.2) is 45.6 Å². The number of thiazole rings is 1. The lowest BCUT2D eigenvalue weighted by molar-refractivity contribution is -0.133. The summed E-state index contributed by atoms with van der Waals surface area (Å²) in [6.07, 6.45) is 6.69. The molecule has 2 aromatic rings. The van der Waals surface area contributed by atoms with Crippen LogP contribution in [0.1, 0.15) is 25.0 Å². The number of rotatable bonds is 5. The Bertz CT molecular complexity index is 644. The minimum absolute atomic E-state index is 0.166. The van der Waals surface area contributed by atoms with Crippen LogP contribution in [0.25, 0.3) is 10.6 Å². The Balaban J connectivity index is 1.54. The summed E-state index contributed by atoms with van der Waals surface area (Å²) in [4.78, 5) is 22.9. The summed E-state index contributed by atoms with van der Waals surface area (Å²) >= 11 is 1.58. The monoisotopic (exact) mass is 331 g/mol. The van der Waals surface area contributed by atoms with Crippen molar-refractivity contribution in [2.45, 2.75) is 25.7 Å². The fraction of sp³-hybridized carbons (Fsp3) is 0.471. The van der Waals surface area contributed by atoms with Crippen molar-refractivity contribution in [2.75, 3.05) is 19.7 Å². The number of likely N-dealkylation sites (tertiary alicyclic amines) is 1. The molecule has 23 heavy (non-hydrogen) atoms. The number of piperidine rings is 1. The van der Waals surface area contributed by atoms with Gasteiger partial charge in [-0.05, 0) is 37.3 Å². The highest BCUT2D eigenvalue weighted by molar-refractivity contribution is 7.13. The predicted octanol–water partition coefficient (Wildman–Crippen LogP) is 2.37. The van der Waals surface area contributed by atoms with E-state index in [1.807, 2.05) is 22.4 Å². The third kappa shape index (κ3) is 4.14. The van der Waals surface area contributed by atoms with E-state index in [9.17, 15) is 9.90 Å². The topological polar surface area (TPSA) is 66.3 Å². The lowest BCUT2D eigenvalue weighted by Gasteiger charge is -2.31. The third-order valence-electron chi connectivity index (χ3n) is 4.19. The first-order valence-electron chi connectivity index (χ1n) is 7.99. The highest BCUT2D eigenvalue weighted by atomic mass is 32.1. The van der Waals surface area contributed by atoms with Crippen molar-refractivity contribution in [1.29, 1.82) is 0 Å². The lowest BCUT2D eigenvalue weighted by atomic mass is 9.98. The van der Waals surface area contributed by atoms with E-state index in [1.54, 1.807) is 23.7 Å². The maximum Gasteiger partial charge on any atom is 0.222 e.